The van der Waals surface area contributed by atoms with Gasteiger partial charge in [0.1, 0.15) is 12.1 Å². The molecule has 0 bridgehead atoms. The standard InChI is InChI=1S/C15H18N4O2/c1-21-14(20)10-18-6-8-19(9-7-18)15-12-4-2-3-5-13(12)16-11-17-15/h2-5,11H,6-10H2,1H3. The van der Waals surface area contributed by atoms with Crippen molar-refractivity contribution >= 4 is 22.7 Å². The van der Waals surface area contributed by atoms with Gasteiger partial charge in [0.2, 0.25) is 0 Å². The topological polar surface area (TPSA) is 58.6 Å². The van der Waals surface area contributed by atoms with Gasteiger partial charge < -0.3 is 9.64 Å². The minimum absolute atomic E-state index is 0.184. The van der Waals surface area contributed by atoms with Crippen LogP contribution in [0.25, 0.3) is 10.9 Å². The Balaban J connectivity index is 1.73. The first-order chi connectivity index (χ1) is 10.3. The number of carbonyl (C=O) groups is 1. The van der Waals surface area contributed by atoms with Crippen molar-refractivity contribution in [1.82, 2.24) is 14.9 Å². The first-order valence-electron chi connectivity index (χ1n) is 7.02. The fourth-order valence-corrected chi connectivity index (χ4v) is 2.61. The molecule has 1 fully saturated rings. The maximum Gasteiger partial charge on any atom is 0.319 e. The van der Waals surface area contributed by atoms with Crippen LogP contribution in [0.15, 0.2) is 30.6 Å². The van der Waals surface area contributed by atoms with E-state index in [9.17, 15) is 4.79 Å². The second-order valence-corrected chi connectivity index (χ2v) is 5.05. The van der Waals surface area contributed by atoms with E-state index < -0.39 is 0 Å². The predicted octanol–water partition coefficient (Wildman–Crippen LogP) is 0.925. The van der Waals surface area contributed by atoms with E-state index in [2.05, 4.69) is 19.8 Å². The van der Waals surface area contributed by atoms with Gasteiger partial charge in [-0.3, -0.25) is 9.69 Å². The molecular weight excluding hydrogens is 268 g/mol. The summed E-state index contributed by atoms with van der Waals surface area (Å²) in [6, 6.07) is 8.02. The summed E-state index contributed by atoms with van der Waals surface area (Å²) in [4.78, 5) is 24.4. The lowest BCUT2D eigenvalue weighted by atomic mass is 10.2. The summed E-state index contributed by atoms with van der Waals surface area (Å²) in [7, 11) is 1.42. The van der Waals surface area contributed by atoms with E-state index in [0.29, 0.717) is 6.54 Å². The third-order valence-electron chi connectivity index (χ3n) is 3.77. The van der Waals surface area contributed by atoms with Crippen LogP contribution >= 0.6 is 0 Å². The van der Waals surface area contributed by atoms with Crippen molar-refractivity contribution in [3.63, 3.8) is 0 Å². The summed E-state index contributed by atoms with van der Waals surface area (Å²) < 4.78 is 4.71. The monoisotopic (exact) mass is 286 g/mol. The van der Waals surface area contributed by atoms with Gasteiger partial charge in [-0.15, -0.1) is 0 Å². The second kappa shape index (κ2) is 6.05. The maximum atomic E-state index is 11.3. The normalized spacial score (nSPS) is 16.1. The summed E-state index contributed by atoms with van der Waals surface area (Å²) >= 11 is 0. The van der Waals surface area contributed by atoms with Crippen LogP contribution < -0.4 is 4.90 Å². The fraction of sp³-hybridized carbons (Fsp3) is 0.400. The summed E-state index contributed by atoms with van der Waals surface area (Å²) in [6.07, 6.45) is 1.61. The van der Waals surface area contributed by atoms with E-state index in [1.165, 1.54) is 7.11 Å². The van der Waals surface area contributed by atoms with Crippen LogP contribution in [0.2, 0.25) is 0 Å². The van der Waals surface area contributed by atoms with Gasteiger partial charge in [-0.1, -0.05) is 12.1 Å². The number of hydrogen-bond donors (Lipinski definition) is 0. The van der Waals surface area contributed by atoms with Crippen LogP contribution in [0.5, 0.6) is 0 Å². The Hall–Kier alpha value is -2.21. The van der Waals surface area contributed by atoms with E-state index in [4.69, 9.17) is 4.74 Å². The predicted molar refractivity (Wildman–Crippen MR) is 80.2 cm³/mol. The summed E-state index contributed by atoms with van der Waals surface area (Å²) in [5.74, 6) is 0.786. The van der Waals surface area contributed by atoms with E-state index in [0.717, 1.165) is 42.9 Å². The highest BCUT2D eigenvalue weighted by atomic mass is 16.5. The molecule has 6 nitrogen and oxygen atoms in total. The molecule has 3 rings (SSSR count). The van der Waals surface area contributed by atoms with Crippen molar-refractivity contribution in [2.24, 2.45) is 0 Å². The Kier molecular flexibility index (Phi) is 3.96. The number of rotatable bonds is 3. The first-order valence-corrected chi connectivity index (χ1v) is 7.02. The van der Waals surface area contributed by atoms with Crippen molar-refractivity contribution in [3.05, 3.63) is 30.6 Å². The summed E-state index contributed by atoms with van der Waals surface area (Å²) in [5, 5.41) is 1.07. The number of methoxy groups -OCH3 is 1. The molecule has 2 aromatic rings. The van der Waals surface area contributed by atoms with Crippen LogP contribution in [0.4, 0.5) is 5.82 Å². The Morgan fingerprint density at radius 1 is 1.19 bits per heavy atom. The van der Waals surface area contributed by atoms with Crippen molar-refractivity contribution in [2.45, 2.75) is 0 Å². The molecule has 110 valence electrons. The van der Waals surface area contributed by atoms with Gasteiger partial charge in [0, 0.05) is 31.6 Å². The fourth-order valence-electron chi connectivity index (χ4n) is 2.61. The molecule has 1 aliphatic rings. The zero-order valence-electron chi connectivity index (χ0n) is 12.0. The molecule has 0 radical (unpaired) electrons. The molecule has 0 aliphatic carbocycles. The third-order valence-corrected chi connectivity index (χ3v) is 3.77. The average Bonchev–Trinajstić information content (AvgIpc) is 2.55. The molecule has 1 aromatic carbocycles. The van der Waals surface area contributed by atoms with Crippen molar-refractivity contribution in [1.29, 1.82) is 0 Å². The van der Waals surface area contributed by atoms with Crippen LogP contribution in [0.1, 0.15) is 0 Å². The van der Waals surface area contributed by atoms with Gasteiger partial charge in [-0.05, 0) is 12.1 Å². The van der Waals surface area contributed by atoms with Gasteiger partial charge in [0.25, 0.3) is 0 Å². The van der Waals surface area contributed by atoms with Crippen LogP contribution in [-0.2, 0) is 9.53 Å². The number of para-hydroxylation sites is 1. The van der Waals surface area contributed by atoms with Crippen molar-refractivity contribution in [3.8, 4) is 0 Å². The average molecular weight is 286 g/mol. The second-order valence-electron chi connectivity index (χ2n) is 5.05. The number of nitrogens with zero attached hydrogens (tertiary/aromatic N) is 4. The highest BCUT2D eigenvalue weighted by molar-refractivity contribution is 5.89. The first kappa shape index (κ1) is 13.8. The van der Waals surface area contributed by atoms with E-state index in [-0.39, 0.29) is 5.97 Å². The van der Waals surface area contributed by atoms with Crippen molar-refractivity contribution in [2.75, 3.05) is 44.7 Å². The van der Waals surface area contributed by atoms with Gasteiger partial charge in [0.15, 0.2) is 0 Å². The number of aromatic nitrogens is 2. The molecule has 0 saturated carbocycles. The number of fused-ring (bicyclic) bond motifs is 1. The molecule has 1 saturated heterocycles. The quantitative estimate of drug-likeness (QED) is 0.782. The molecule has 0 atom stereocenters. The maximum absolute atomic E-state index is 11.3. The zero-order valence-corrected chi connectivity index (χ0v) is 12.0. The van der Waals surface area contributed by atoms with E-state index in [1.807, 2.05) is 24.3 Å². The molecule has 0 spiro atoms. The minimum Gasteiger partial charge on any atom is -0.468 e. The van der Waals surface area contributed by atoms with Gasteiger partial charge in [-0.25, -0.2) is 9.97 Å². The molecule has 0 amide bonds. The lowest BCUT2D eigenvalue weighted by molar-refractivity contribution is -0.142. The molecular formula is C15H18N4O2. The smallest absolute Gasteiger partial charge is 0.319 e. The number of esters is 1. The van der Waals surface area contributed by atoms with Gasteiger partial charge >= 0.3 is 5.97 Å². The van der Waals surface area contributed by atoms with Gasteiger partial charge in [0.05, 0.1) is 19.2 Å². The Bertz CT molecular complexity index is 633. The highest BCUT2D eigenvalue weighted by Crippen LogP contribution is 2.23. The molecule has 21 heavy (non-hydrogen) atoms. The molecule has 1 aromatic heterocycles. The lowest BCUT2D eigenvalue weighted by Crippen LogP contribution is -2.48. The van der Waals surface area contributed by atoms with Crippen LogP contribution in [0, 0.1) is 0 Å². The third kappa shape index (κ3) is 2.95. The molecule has 6 heteroatoms. The zero-order chi connectivity index (χ0) is 14.7. The SMILES string of the molecule is COC(=O)CN1CCN(c2ncnc3ccccc23)CC1. The van der Waals surface area contributed by atoms with Crippen LogP contribution in [0.3, 0.4) is 0 Å². The summed E-state index contributed by atoms with van der Waals surface area (Å²) in [5.41, 5.74) is 0.958. The Labute approximate surface area is 123 Å². The van der Waals surface area contributed by atoms with Crippen LogP contribution in [-0.4, -0.2) is 60.7 Å². The number of hydrogen-bond acceptors (Lipinski definition) is 6. The molecule has 0 N–H and O–H groups in total. The number of carbonyl (C=O) groups excluding carboxylic acids is 1. The van der Waals surface area contributed by atoms with E-state index >= 15 is 0 Å². The van der Waals surface area contributed by atoms with Gasteiger partial charge in [-0.2, -0.15) is 0 Å². The minimum atomic E-state index is -0.184. The largest absolute Gasteiger partial charge is 0.468 e. The molecule has 0 unspecified atom stereocenters. The number of anilines is 1. The van der Waals surface area contributed by atoms with E-state index in [1.54, 1.807) is 6.33 Å². The number of ether oxygens (including phenoxy) is 1. The summed E-state index contributed by atoms with van der Waals surface area (Å²) in [6.45, 7) is 3.70. The number of benzene rings is 1. The Morgan fingerprint density at radius 3 is 2.71 bits per heavy atom. The Morgan fingerprint density at radius 2 is 1.95 bits per heavy atom. The lowest BCUT2D eigenvalue weighted by Gasteiger charge is -2.35. The highest BCUT2D eigenvalue weighted by Gasteiger charge is 2.21. The van der Waals surface area contributed by atoms with Crippen molar-refractivity contribution < 1.29 is 9.53 Å². The number of piperazine rings is 1. The molecule has 1 aliphatic heterocycles. The molecule has 2 heterocycles.